The summed E-state index contributed by atoms with van der Waals surface area (Å²) in [5, 5.41) is 11.8. The molecule has 26 heavy (non-hydrogen) atoms. The van der Waals surface area contributed by atoms with Gasteiger partial charge in [-0.15, -0.1) is 6.42 Å². The van der Waals surface area contributed by atoms with E-state index in [0.717, 1.165) is 4.70 Å². The number of para-hydroxylation sites is 1. The van der Waals surface area contributed by atoms with E-state index < -0.39 is 10.8 Å². The van der Waals surface area contributed by atoms with Crippen molar-refractivity contribution in [3.05, 3.63) is 66.9 Å². The number of carbonyl (C=O) groups excluding carboxylic acids is 1. The van der Waals surface area contributed by atoms with Crippen LogP contribution in [0, 0.1) is 22.5 Å². The molecule has 0 spiro atoms. The van der Waals surface area contributed by atoms with Gasteiger partial charge in [0.15, 0.2) is 4.80 Å². The van der Waals surface area contributed by atoms with Crippen molar-refractivity contribution in [2.45, 2.75) is 6.54 Å². The second-order valence-corrected chi connectivity index (χ2v) is 6.95. The van der Waals surface area contributed by atoms with Crippen LogP contribution in [0.25, 0.3) is 10.2 Å². The summed E-state index contributed by atoms with van der Waals surface area (Å²) in [7, 11) is 0. The molecule has 0 aliphatic heterocycles. The molecular formula is C17H9Cl2N3O3S. The molecule has 6 nitrogen and oxygen atoms in total. The fourth-order valence-electron chi connectivity index (χ4n) is 2.40. The highest BCUT2D eigenvalue weighted by Crippen LogP contribution is 2.26. The van der Waals surface area contributed by atoms with Crippen LogP contribution in [0.1, 0.15) is 10.4 Å². The highest BCUT2D eigenvalue weighted by molar-refractivity contribution is 7.16. The highest BCUT2D eigenvalue weighted by Gasteiger charge is 2.21. The molecule has 0 unspecified atom stereocenters. The van der Waals surface area contributed by atoms with Gasteiger partial charge in [-0.3, -0.25) is 14.9 Å². The highest BCUT2D eigenvalue weighted by atomic mass is 35.5. The van der Waals surface area contributed by atoms with Crippen LogP contribution in [0.5, 0.6) is 0 Å². The van der Waals surface area contributed by atoms with E-state index in [2.05, 4.69) is 10.9 Å². The van der Waals surface area contributed by atoms with Gasteiger partial charge in [0.1, 0.15) is 5.56 Å². The molecule has 0 N–H and O–H groups in total. The lowest BCUT2D eigenvalue weighted by atomic mass is 10.2. The maximum Gasteiger partial charge on any atom is 0.286 e. The van der Waals surface area contributed by atoms with E-state index in [4.69, 9.17) is 29.6 Å². The third-order valence-corrected chi connectivity index (χ3v) is 5.07. The summed E-state index contributed by atoms with van der Waals surface area (Å²) in [4.78, 5) is 27.4. The number of nitro benzene ring substituents is 1. The average molecular weight is 406 g/mol. The first-order chi connectivity index (χ1) is 12.4. The molecular weight excluding hydrogens is 397 g/mol. The lowest BCUT2D eigenvalue weighted by molar-refractivity contribution is -0.385. The molecule has 130 valence electrons. The van der Waals surface area contributed by atoms with Gasteiger partial charge in [-0.25, -0.2) is 0 Å². The number of thiazole rings is 1. The second-order valence-electron chi connectivity index (χ2n) is 5.10. The topological polar surface area (TPSA) is 77.5 Å². The Morgan fingerprint density at radius 3 is 2.81 bits per heavy atom. The number of benzene rings is 2. The first-order valence-corrected chi connectivity index (χ1v) is 8.74. The molecule has 0 radical (unpaired) electrons. The van der Waals surface area contributed by atoms with Crippen LogP contribution in [0.2, 0.25) is 10.0 Å². The van der Waals surface area contributed by atoms with Crippen molar-refractivity contribution < 1.29 is 9.72 Å². The summed E-state index contributed by atoms with van der Waals surface area (Å²) in [6.45, 7) is 0.146. The Kier molecular flexibility index (Phi) is 5.09. The maximum atomic E-state index is 12.6. The van der Waals surface area contributed by atoms with Gasteiger partial charge in [0.25, 0.3) is 11.6 Å². The van der Waals surface area contributed by atoms with Crippen LogP contribution in [-0.2, 0) is 6.54 Å². The van der Waals surface area contributed by atoms with E-state index >= 15 is 0 Å². The number of fused-ring (bicyclic) bond motifs is 1. The average Bonchev–Trinajstić information content (AvgIpc) is 2.93. The monoisotopic (exact) mass is 405 g/mol. The molecule has 0 saturated carbocycles. The number of nitro groups is 1. The van der Waals surface area contributed by atoms with Gasteiger partial charge in [-0.1, -0.05) is 46.5 Å². The van der Waals surface area contributed by atoms with Gasteiger partial charge < -0.3 is 4.57 Å². The third kappa shape index (κ3) is 3.35. The molecule has 0 aliphatic carbocycles. The molecule has 0 fully saturated rings. The van der Waals surface area contributed by atoms with Gasteiger partial charge in [0.05, 0.1) is 26.7 Å². The minimum absolute atomic E-state index is 0.146. The minimum Gasteiger partial charge on any atom is -0.303 e. The Morgan fingerprint density at radius 2 is 2.12 bits per heavy atom. The van der Waals surface area contributed by atoms with E-state index in [9.17, 15) is 14.9 Å². The number of terminal acetylenes is 1. The van der Waals surface area contributed by atoms with Crippen LogP contribution in [-0.4, -0.2) is 15.4 Å². The largest absolute Gasteiger partial charge is 0.303 e. The fourth-order valence-corrected chi connectivity index (χ4v) is 3.96. The Labute approximate surface area is 161 Å². The molecule has 0 aliphatic rings. The molecule has 3 rings (SSSR count). The lowest BCUT2D eigenvalue weighted by Gasteiger charge is -2.02. The summed E-state index contributed by atoms with van der Waals surface area (Å²) in [6.07, 6.45) is 5.41. The maximum absolute atomic E-state index is 12.6. The van der Waals surface area contributed by atoms with Gasteiger partial charge >= 0.3 is 0 Å². The Hall–Kier alpha value is -2.66. The zero-order valence-corrected chi connectivity index (χ0v) is 15.3. The van der Waals surface area contributed by atoms with Crippen LogP contribution in [0.3, 0.4) is 0 Å². The predicted molar refractivity (Wildman–Crippen MR) is 102 cm³/mol. The molecule has 0 saturated heterocycles. The molecule has 9 heteroatoms. The van der Waals surface area contributed by atoms with E-state index in [-0.39, 0.29) is 22.8 Å². The normalized spacial score (nSPS) is 11.5. The number of rotatable bonds is 3. The first kappa shape index (κ1) is 18.1. The van der Waals surface area contributed by atoms with Gasteiger partial charge in [0.2, 0.25) is 0 Å². The molecule has 1 amide bonds. The molecule has 2 aromatic carbocycles. The molecule has 0 bridgehead atoms. The zero-order chi connectivity index (χ0) is 18.8. The van der Waals surface area contributed by atoms with Gasteiger partial charge in [-0.05, 0) is 24.3 Å². The third-order valence-electron chi connectivity index (χ3n) is 3.48. The first-order valence-electron chi connectivity index (χ1n) is 7.16. The van der Waals surface area contributed by atoms with Crippen LogP contribution < -0.4 is 4.80 Å². The molecule has 3 aromatic rings. The Bertz CT molecular complexity index is 1160. The van der Waals surface area contributed by atoms with E-state index in [0.29, 0.717) is 15.3 Å². The fraction of sp³-hybridized carbons (Fsp3) is 0.0588. The van der Waals surface area contributed by atoms with Crippen molar-refractivity contribution >= 4 is 56.3 Å². The lowest BCUT2D eigenvalue weighted by Crippen LogP contribution is -2.17. The SMILES string of the molecule is C#CCn1c(=NC(=O)c2cc(Cl)ccc2[N+](=O)[O-])sc2cccc(Cl)c21. The molecule has 1 aromatic heterocycles. The van der Waals surface area contributed by atoms with Crippen molar-refractivity contribution in [1.29, 1.82) is 0 Å². The number of hydrogen-bond acceptors (Lipinski definition) is 4. The second kappa shape index (κ2) is 7.30. The van der Waals surface area contributed by atoms with E-state index in [1.165, 1.54) is 29.5 Å². The summed E-state index contributed by atoms with van der Waals surface area (Å²) in [6, 6.07) is 9.03. The number of nitrogens with zero attached hydrogens (tertiary/aromatic N) is 3. The Morgan fingerprint density at radius 1 is 1.35 bits per heavy atom. The number of carbonyl (C=O) groups is 1. The van der Waals surface area contributed by atoms with Crippen molar-refractivity contribution in [2.24, 2.45) is 4.99 Å². The summed E-state index contributed by atoms with van der Waals surface area (Å²) in [5.41, 5.74) is 0.0911. The number of hydrogen-bond donors (Lipinski definition) is 0. The minimum atomic E-state index is -0.785. The zero-order valence-electron chi connectivity index (χ0n) is 13.0. The van der Waals surface area contributed by atoms with Crippen molar-refractivity contribution in [3.8, 4) is 12.3 Å². The van der Waals surface area contributed by atoms with Crippen LogP contribution in [0.4, 0.5) is 5.69 Å². The standard InChI is InChI=1S/C17H9Cl2N3O3S/c1-2-8-21-15-12(19)4-3-5-14(15)26-17(21)20-16(23)11-9-10(18)6-7-13(11)22(24)25/h1,3-7,9H,8H2. The number of aromatic nitrogens is 1. The summed E-state index contributed by atoms with van der Waals surface area (Å²) in [5.74, 6) is 1.71. The summed E-state index contributed by atoms with van der Waals surface area (Å²) >= 11 is 13.3. The number of halogens is 2. The van der Waals surface area contributed by atoms with Crippen LogP contribution >= 0.6 is 34.5 Å². The van der Waals surface area contributed by atoms with Crippen molar-refractivity contribution in [2.75, 3.05) is 0 Å². The number of amides is 1. The van der Waals surface area contributed by atoms with Gasteiger partial charge in [0, 0.05) is 11.1 Å². The molecule has 1 heterocycles. The van der Waals surface area contributed by atoms with Crippen LogP contribution in [0.15, 0.2) is 41.4 Å². The van der Waals surface area contributed by atoms with E-state index in [1.807, 2.05) is 6.07 Å². The summed E-state index contributed by atoms with van der Waals surface area (Å²) < 4.78 is 2.41. The predicted octanol–water partition coefficient (Wildman–Crippen LogP) is 4.29. The van der Waals surface area contributed by atoms with Crippen molar-refractivity contribution in [3.63, 3.8) is 0 Å². The van der Waals surface area contributed by atoms with Crippen molar-refractivity contribution in [1.82, 2.24) is 4.57 Å². The van der Waals surface area contributed by atoms with Gasteiger partial charge in [-0.2, -0.15) is 4.99 Å². The quantitative estimate of drug-likeness (QED) is 0.370. The van der Waals surface area contributed by atoms with E-state index in [1.54, 1.807) is 16.7 Å². The molecule has 0 atom stereocenters. The smallest absolute Gasteiger partial charge is 0.286 e. The Balaban J connectivity index is 2.23.